The molecule has 6 heteroatoms. The Morgan fingerprint density at radius 2 is 1.24 bits per heavy atom. The second-order valence-corrected chi connectivity index (χ2v) is 10.7. The van der Waals surface area contributed by atoms with Gasteiger partial charge in [0, 0.05) is 6.61 Å². The van der Waals surface area contributed by atoms with Crippen molar-refractivity contribution >= 4 is 0 Å². The number of rotatable bonds is 19. The monoisotopic (exact) mass is 562 g/mol. The van der Waals surface area contributed by atoms with Crippen molar-refractivity contribution in [1.82, 2.24) is 0 Å². The lowest BCUT2D eigenvalue weighted by Crippen LogP contribution is -2.44. The molecular formula is C35H46O6. The van der Waals surface area contributed by atoms with Crippen LogP contribution in [-0.4, -0.2) is 49.0 Å². The normalized spacial score (nSPS) is 21.2. The molecule has 0 aromatic heterocycles. The van der Waals surface area contributed by atoms with Gasteiger partial charge in [0.25, 0.3) is 0 Å². The van der Waals surface area contributed by atoms with E-state index in [9.17, 15) is 5.11 Å². The van der Waals surface area contributed by atoms with Crippen molar-refractivity contribution in [2.24, 2.45) is 0 Å². The molecule has 222 valence electrons. The summed E-state index contributed by atoms with van der Waals surface area (Å²) in [7, 11) is 0. The molecule has 0 amide bonds. The molecule has 0 unspecified atom stereocenters. The van der Waals surface area contributed by atoms with Crippen LogP contribution in [0.15, 0.2) is 91.0 Å². The molecule has 1 saturated heterocycles. The minimum absolute atomic E-state index is 0.286. The molecule has 0 aliphatic carbocycles. The smallest absolute Gasteiger partial charge is 0.186 e. The van der Waals surface area contributed by atoms with Crippen LogP contribution in [0.4, 0.5) is 0 Å². The fourth-order valence-corrected chi connectivity index (χ4v) is 5.02. The maximum Gasteiger partial charge on any atom is 0.186 e. The van der Waals surface area contributed by atoms with Gasteiger partial charge in [-0.3, -0.25) is 0 Å². The van der Waals surface area contributed by atoms with Gasteiger partial charge in [-0.05, 0) is 23.1 Å². The Labute approximate surface area is 245 Å². The summed E-state index contributed by atoms with van der Waals surface area (Å²) in [5, 5.41) is 11.3. The zero-order valence-electron chi connectivity index (χ0n) is 24.3. The molecule has 1 aliphatic rings. The molecule has 41 heavy (non-hydrogen) atoms. The summed E-state index contributed by atoms with van der Waals surface area (Å²) < 4.78 is 31.3. The van der Waals surface area contributed by atoms with Crippen molar-refractivity contribution in [2.75, 3.05) is 13.2 Å². The molecule has 1 aliphatic heterocycles. The van der Waals surface area contributed by atoms with Crippen molar-refractivity contribution in [1.29, 1.82) is 0 Å². The summed E-state index contributed by atoms with van der Waals surface area (Å²) in [6.45, 7) is 4.24. The van der Waals surface area contributed by atoms with Gasteiger partial charge in [0.05, 0.1) is 26.4 Å². The van der Waals surface area contributed by atoms with E-state index in [1.54, 1.807) is 0 Å². The van der Waals surface area contributed by atoms with E-state index in [1.807, 2.05) is 91.0 Å². The summed E-state index contributed by atoms with van der Waals surface area (Å²) >= 11 is 0. The first-order chi connectivity index (χ1) is 20.2. The van der Waals surface area contributed by atoms with Crippen LogP contribution >= 0.6 is 0 Å². The van der Waals surface area contributed by atoms with Crippen LogP contribution in [-0.2, 0) is 43.5 Å². The van der Waals surface area contributed by atoms with Crippen molar-refractivity contribution in [3.8, 4) is 0 Å². The lowest BCUT2D eigenvalue weighted by Gasteiger charge is -2.28. The second-order valence-electron chi connectivity index (χ2n) is 10.7. The van der Waals surface area contributed by atoms with Crippen molar-refractivity contribution in [3.63, 3.8) is 0 Å². The predicted molar refractivity (Wildman–Crippen MR) is 160 cm³/mol. The van der Waals surface area contributed by atoms with Crippen molar-refractivity contribution in [2.45, 2.75) is 96.0 Å². The van der Waals surface area contributed by atoms with Crippen LogP contribution in [0.3, 0.4) is 0 Å². The van der Waals surface area contributed by atoms with E-state index < -0.39 is 30.7 Å². The summed E-state index contributed by atoms with van der Waals surface area (Å²) in [4.78, 5) is 0. The number of benzene rings is 3. The lowest BCUT2D eigenvalue weighted by molar-refractivity contribution is -0.191. The Morgan fingerprint density at radius 1 is 0.683 bits per heavy atom. The molecule has 5 atom stereocenters. The molecule has 1 heterocycles. The number of ether oxygens (including phenoxy) is 5. The van der Waals surface area contributed by atoms with Gasteiger partial charge in [0.15, 0.2) is 6.29 Å². The first-order valence-corrected chi connectivity index (χ1v) is 15.1. The SMILES string of the molecule is CCCCCCCCO[C@H]1O[C@@H]([C@@H](COCc2ccccc2)OCc2ccccc2)[C@H](OCc2ccccc2)[C@H]1O. The second kappa shape index (κ2) is 18.1. The van der Waals surface area contributed by atoms with Crippen LogP contribution in [0.2, 0.25) is 0 Å². The van der Waals surface area contributed by atoms with E-state index in [0.717, 1.165) is 29.5 Å². The average molecular weight is 563 g/mol. The third kappa shape index (κ3) is 10.6. The predicted octanol–water partition coefficient (Wildman–Crippen LogP) is 6.84. The molecule has 0 saturated carbocycles. The van der Waals surface area contributed by atoms with Crippen LogP contribution < -0.4 is 0 Å². The third-order valence-corrected chi connectivity index (χ3v) is 7.36. The van der Waals surface area contributed by atoms with Gasteiger partial charge < -0.3 is 28.8 Å². The zero-order valence-corrected chi connectivity index (χ0v) is 24.3. The van der Waals surface area contributed by atoms with Gasteiger partial charge in [0.1, 0.15) is 24.4 Å². The minimum Gasteiger partial charge on any atom is -0.385 e. The highest BCUT2D eigenvalue weighted by atomic mass is 16.7. The number of aliphatic hydroxyl groups is 1. The molecule has 1 fully saturated rings. The summed E-state index contributed by atoms with van der Waals surface area (Å²) in [5.41, 5.74) is 3.16. The quantitative estimate of drug-likeness (QED) is 0.162. The minimum atomic E-state index is -0.944. The highest BCUT2D eigenvalue weighted by molar-refractivity contribution is 5.15. The van der Waals surface area contributed by atoms with Gasteiger partial charge >= 0.3 is 0 Å². The molecular weight excluding hydrogens is 516 g/mol. The first kappa shape index (κ1) is 31.4. The van der Waals surface area contributed by atoms with Gasteiger partial charge in [0.2, 0.25) is 0 Å². The van der Waals surface area contributed by atoms with E-state index >= 15 is 0 Å². The summed E-state index contributed by atoms with van der Waals surface area (Å²) in [5.74, 6) is 0. The zero-order chi connectivity index (χ0) is 28.5. The largest absolute Gasteiger partial charge is 0.385 e. The van der Waals surface area contributed by atoms with E-state index in [4.69, 9.17) is 23.7 Å². The fraction of sp³-hybridized carbons (Fsp3) is 0.486. The maximum atomic E-state index is 11.3. The van der Waals surface area contributed by atoms with Crippen LogP contribution in [0.1, 0.15) is 62.1 Å². The molecule has 0 bridgehead atoms. The number of hydrogen-bond acceptors (Lipinski definition) is 6. The van der Waals surface area contributed by atoms with Crippen LogP contribution in [0.5, 0.6) is 0 Å². The Morgan fingerprint density at radius 3 is 1.88 bits per heavy atom. The standard InChI is InChI=1S/C35H46O6/c1-2-3-4-5-6-16-23-38-35-32(36)34(40-26-30-21-14-9-15-22-30)33(41-35)31(39-25-29-19-12-8-13-20-29)27-37-24-28-17-10-7-11-18-28/h7-15,17-22,31-36H,2-6,16,23-27H2,1H3/t31-,32-,33+,34-,35+/m1/s1. The maximum absolute atomic E-state index is 11.3. The molecule has 0 radical (unpaired) electrons. The number of unbranched alkanes of at least 4 members (excludes halogenated alkanes) is 5. The third-order valence-electron chi connectivity index (χ3n) is 7.36. The summed E-state index contributed by atoms with van der Waals surface area (Å²) in [6.07, 6.45) is 3.59. The molecule has 6 nitrogen and oxygen atoms in total. The summed E-state index contributed by atoms with van der Waals surface area (Å²) in [6, 6.07) is 30.0. The van der Waals surface area contributed by atoms with Gasteiger partial charge in [-0.25, -0.2) is 0 Å². The fourth-order valence-electron chi connectivity index (χ4n) is 5.02. The Kier molecular flexibility index (Phi) is 13.8. The Bertz CT molecular complexity index is 1060. The highest BCUT2D eigenvalue weighted by Crippen LogP contribution is 2.30. The topological polar surface area (TPSA) is 66.4 Å². The Hall–Kier alpha value is -2.58. The Balaban J connectivity index is 1.42. The van der Waals surface area contributed by atoms with Gasteiger partial charge in [-0.15, -0.1) is 0 Å². The molecule has 1 N–H and O–H groups in total. The molecule has 0 spiro atoms. The van der Waals surface area contributed by atoms with E-state index in [0.29, 0.717) is 26.4 Å². The van der Waals surface area contributed by atoms with Crippen LogP contribution in [0, 0.1) is 0 Å². The number of hydrogen-bond donors (Lipinski definition) is 1. The van der Waals surface area contributed by atoms with E-state index in [1.165, 1.54) is 25.7 Å². The van der Waals surface area contributed by atoms with Gasteiger partial charge in [-0.1, -0.05) is 130 Å². The lowest BCUT2D eigenvalue weighted by atomic mass is 10.1. The molecule has 3 aromatic carbocycles. The number of aliphatic hydroxyl groups excluding tert-OH is 1. The van der Waals surface area contributed by atoms with Gasteiger partial charge in [-0.2, -0.15) is 0 Å². The van der Waals surface area contributed by atoms with E-state index in [-0.39, 0.29) is 6.61 Å². The first-order valence-electron chi connectivity index (χ1n) is 15.1. The van der Waals surface area contributed by atoms with Crippen molar-refractivity contribution in [3.05, 3.63) is 108 Å². The molecule has 4 rings (SSSR count). The van der Waals surface area contributed by atoms with Crippen LogP contribution in [0.25, 0.3) is 0 Å². The average Bonchev–Trinajstić information content (AvgIpc) is 3.33. The molecule has 3 aromatic rings. The highest BCUT2D eigenvalue weighted by Gasteiger charge is 2.49. The van der Waals surface area contributed by atoms with Crippen molar-refractivity contribution < 1.29 is 28.8 Å². The van der Waals surface area contributed by atoms with E-state index in [2.05, 4.69) is 6.92 Å².